The summed E-state index contributed by atoms with van der Waals surface area (Å²) in [7, 11) is 0. The molecule has 4 aliphatic rings. The summed E-state index contributed by atoms with van der Waals surface area (Å²) in [6.45, 7) is 8.56. The van der Waals surface area contributed by atoms with Crippen LogP contribution in [0.3, 0.4) is 0 Å². The minimum absolute atomic E-state index is 0.00553. The number of aliphatic hydroxyl groups excluding tert-OH is 1. The third-order valence-corrected chi connectivity index (χ3v) is 13.5. The molecule has 6 rings (SSSR count). The Morgan fingerprint density at radius 3 is 1.23 bits per heavy atom. The van der Waals surface area contributed by atoms with Crippen LogP contribution in [0.4, 0.5) is 83.8 Å². The lowest BCUT2D eigenvalue weighted by molar-refractivity contribution is -0.309. The summed E-state index contributed by atoms with van der Waals surface area (Å²) in [6, 6.07) is 7.78. The van der Waals surface area contributed by atoms with Crippen molar-refractivity contribution in [3.05, 3.63) is 69.8 Å². The molecule has 2 aromatic rings. The molecular formula is C49H60F18N4O9. The van der Waals surface area contributed by atoms with Gasteiger partial charge in [-0.2, -0.15) is 79.0 Å². The maximum Gasteiger partial charge on any atom is 0.434 e. The highest BCUT2D eigenvalue weighted by Crippen LogP contribution is 2.39. The van der Waals surface area contributed by atoms with Gasteiger partial charge in [-0.1, -0.05) is 12.1 Å². The molecule has 31 heteroatoms. The number of amides is 1. The molecule has 4 fully saturated rings. The van der Waals surface area contributed by atoms with E-state index in [4.69, 9.17) is 24.1 Å². The first-order valence-electron chi connectivity index (χ1n) is 24.7. The van der Waals surface area contributed by atoms with Crippen molar-refractivity contribution in [1.29, 1.82) is 0 Å². The Balaban J connectivity index is 0.000000305. The second kappa shape index (κ2) is 27.9. The van der Waals surface area contributed by atoms with E-state index in [-0.39, 0.29) is 69.1 Å². The summed E-state index contributed by atoms with van der Waals surface area (Å²) in [5.41, 5.74) is -1.05. The smallest absolute Gasteiger partial charge is 0.434 e. The predicted octanol–water partition coefficient (Wildman–Crippen LogP) is 10.8. The van der Waals surface area contributed by atoms with Crippen LogP contribution in [0, 0.1) is 0 Å². The fraction of sp³-hybridized carbons (Fsp3) is 0.694. The van der Waals surface area contributed by atoms with Gasteiger partial charge in [-0.05, 0) is 125 Å². The van der Waals surface area contributed by atoms with Crippen molar-refractivity contribution in [3.63, 3.8) is 0 Å². The Morgan fingerprint density at radius 2 is 0.912 bits per heavy atom. The van der Waals surface area contributed by atoms with Crippen molar-refractivity contribution in [2.75, 3.05) is 52.4 Å². The zero-order chi connectivity index (χ0) is 60.1. The van der Waals surface area contributed by atoms with Gasteiger partial charge < -0.3 is 39.0 Å². The molecule has 0 radical (unpaired) electrons. The molecule has 2 aromatic carbocycles. The van der Waals surface area contributed by atoms with E-state index in [1.165, 1.54) is 12.1 Å². The topological polar surface area (TPSA) is 139 Å². The van der Waals surface area contributed by atoms with Crippen molar-refractivity contribution in [2.45, 2.75) is 164 Å². The van der Waals surface area contributed by atoms with E-state index in [1.807, 2.05) is 17.9 Å². The van der Waals surface area contributed by atoms with E-state index in [2.05, 4.69) is 15.0 Å². The highest BCUT2D eigenvalue weighted by Gasteiger charge is 2.60. The molecule has 4 saturated heterocycles. The van der Waals surface area contributed by atoms with Crippen molar-refractivity contribution in [2.24, 2.45) is 0 Å². The first-order valence-corrected chi connectivity index (χ1v) is 24.7. The average molecular weight is 1190 g/mol. The third kappa shape index (κ3) is 22.1. The molecule has 0 atom stereocenters. The van der Waals surface area contributed by atoms with E-state index in [0.717, 1.165) is 38.1 Å². The summed E-state index contributed by atoms with van der Waals surface area (Å²) < 4.78 is 249. The molecule has 1 amide bonds. The number of hydrogen-bond donors (Lipinski definition) is 2. The Kier molecular flexibility index (Phi) is 23.6. The molecule has 13 nitrogen and oxygen atoms in total. The molecule has 4 aliphatic heterocycles. The maximum absolute atomic E-state index is 13.6. The lowest BCUT2D eigenvalue weighted by Gasteiger charge is -2.39. The fourth-order valence-corrected chi connectivity index (χ4v) is 8.88. The van der Waals surface area contributed by atoms with Crippen molar-refractivity contribution < 1.29 is 122 Å². The number of likely N-dealkylation sites (tertiary alicyclic amines) is 3. The van der Waals surface area contributed by atoms with Crippen molar-refractivity contribution in [1.82, 2.24) is 20.0 Å². The molecule has 80 heavy (non-hydrogen) atoms. The quantitative estimate of drug-likeness (QED) is 0.0997. The molecule has 0 bridgehead atoms. The van der Waals surface area contributed by atoms with Gasteiger partial charge in [-0.25, -0.2) is 4.79 Å². The minimum atomic E-state index is -5.84. The first kappa shape index (κ1) is 67.7. The van der Waals surface area contributed by atoms with E-state index in [0.29, 0.717) is 92.9 Å². The minimum Gasteiger partial charge on any atom is -0.464 e. The predicted molar refractivity (Wildman–Crippen MR) is 244 cm³/mol. The number of alkyl halides is 18. The molecular weight excluding hydrogens is 1130 g/mol. The van der Waals surface area contributed by atoms with Crippen LogP contribution >= 0.6 is 0 Å². The number of benzene rings is 2. The molecule has 0 spiro atoms. The van der Waals surface area contributed by atoms with Crippen LogP contribution in [-0.2, 0) is 71.9 Å². The van der Waals surface area contributed by atoms with Gasteiger partial charge in [0.2, 0.25) is 6.10 Å². The molecule has 0 unspecified atom stereocenters. The number of aliphatic hydroxyl groups is 1. The Hall–Kier alpha value is -4.85. The summed E-state index contributed by atoms with van der Waals surface area (Å²) in [5.74, 6) is 0. The van der Waals surface area contributed by atoms with Crippen molar-refractivity contribution in [3.8, 4) is 0 Å². The number of ether oxygens (including phenoxy) is 5. The Morgan fingerprint density at radius 1 is 0.562 bits per heavy atom. The number of piperidine rings is 4. The molecule has 0 saturated carbocycles. The number of nitrogens with one attached hydrogen (secondary N) is 1. The van der Waals surface area contributed by atoms with Crippen LogP contribution in [0.15, 0.2) is 36.4 Å². The highest BCUT2D eigenvalue weighted by molar-refractivity contribution is 5.68. The van der Waals surface area contributed by atoms with Crippen LogP contribution in [0.1, 0.15) is 98.6 Å². The van der Waals surface area contributed by atoms with Gasteiger partial charge in [0.1, 0.15) is 12.2 Å². The van der Waals surface area contributed by atoms with Gasteiger partial charge in [0.05, 0.1) is 35.5 Å². The van der Waals surface area contributed by atoms with Gasteiger partial charge in [-0.15, -0.1) is 0 Å². The number of hydrogen-bond acceptors (Lipinski definition) is 12. The molecule has 4 heterocycles. The number of rotatable bonds is 15. The third-order valence-electron chi connectivity index (χ3n) is 13.5. The van der Waals surface area contributed by atoms with E-state index in [1.54, 1.807) is 13.0 Å². The van der Waals surface area contributed by atoms with Crippen LogP contribution in [0.2, 0.25) is 0 Å². The highest BCUT2D eigenvalue weighted by atomic mass is 19.4. The zero-order valence-corrected chi connectivity index (χ0v) is 42.9. The standard InChI is InChI=1S/C25H29F9N2O5.C21H29F3N2O3.C3H2F6O/c1-22(4-8-36(9-5-22)21(38)41-20(24(29,30)31)25(32,33)34)40-14-17-10-16(11-18(12-17)23(26,27)28)13-35-6-2-19(3-7-35)39-15-37;1-20(4-6-25-7-5-20)29-14-17-10-16(11-18(12-17)21(22,23)24)13-26-8-2-19(3-9-26)28-15-27;4-2(5,6)1(10)3(7,8)9/h10-12,15,19-20H,2-9,13-14H2,1H3;10-12,15,19,25H,2-9,13-14H2,1H3;1,10H. The molecule has 0 aliphatic carbocycles. The lowest BCUT2D eigenvalue weighted by Crippen LogP contribution is -2.51. The lowest BCUT2D eigenvalue weighted by atomic mass is 9.93. The van der Waals surface area contributed by atoms with Crippen LogP contribution in [-0.4, -0.2) is 152 Å². The summed E-state index contributed by atoms with van der Waals surface area (Å²) in [5, 5.41) is 10.7. The zero-order valence-electron chi connectivity index (χ0n) is 42.9. The Bertz CT molecular complexity index is 2240. The second-order valence-electron chi connectivity index (χ2n) is 20.0. The SMILES string of the molecule is CC1(OCc2cc(CN3CCC(OC=O)CC3)cc(C(F)(F)F)c2)CCN(C(=O)OC(C(F)(F)F)C(F)(F)F)CC1.CC1(OCc2cc(CN3CCC(OC=O)CC3)cc(C(F)(F)F)c2)CCNCC1.OC(C(F)(F)F)C(F)(F)F. The Labute approximate surface area is 447 Å². The largest absolute Gasteiger partial charge is 0.464 e. The first-order chi connectivity index (χ1) is 36.8. The summed E-state index contributed by atoms with van der Waals surface area (Å²) in [6.07, 6.45) is -38.4. The fourth-order valence-electron chi connectivity index (χ4n) is 8.88. The summed E-state index contributed by atoms with van der Waals surface area (Å²) in [4.78, 5) is 37.7. The van der Waals surface area contributed by atoms with E-state index >= 15 is 0 Å². The van der Waals surface area contributed by atoms with E-state index in [9.17, 15) is 93.4 Å². The normalized spacial score (nSPS) is 19.4. The second-order valence-corrected chi connectivity index (χ2v) is 20.0. The molecule has 456 valence electrons. The maximum atomic E-state index is 13.6. The molecule has 0 aromatic heterocycles. The van der Waals surface area contributed by atoms with Gasteiger partial charge >= 0.3 is 43.2 Å². The van der Waals surface area contributed by atoms with Gasteiger partial charge in [0, 0.05) is 52.4 Å². The van der Waals surface area contributed by atoms with E-state index < -0.39 is 72.1 Å². The van der Waals surface area contributed by atoms with Gasteiger partial charge in [0.25, 0.3) is 19.0 Å². The van der Waals surface area contributed by atoms with Crippen molar-refractivity contribution >= 4 is 19.0 Å². The number of carbonyl (C=O) groups is 3. The van der Waals surface area contributed by atoms with Crippen LogP contribution < -0.4 is 5.32 Å². The number of carbonyl (C=O) groups excluding carboxylic acids is 3. The number of halogens is 18. The average Bonchev–Trinajstić information content (AvgIpc) is 3.34. The van der Waals surface area contributed by atoms with Crippen LogP contribution in [0.25, 0.3) is 0 Å². The van der Waals surface area contributed by atoms with Gasteiger partial charge in [-0.3, -0.25) is 19.4 Å². The molecule has 2 N–H and O–H groups in total. The van der Waals surface area contributed by atoms with Crippen LogP contribution in [0.5, 0.6) is 0 Å². The monoisotopic (exact) mass is 1190 g/mol. The number of nitrogens with zero attached hydrogens (tertiary/aromatic N) is 3. The summed E-state index contributed by atoms with van der Waals surface area (Å²) >= 11 is 0. The van der Waals surface area contributed by atoms with Gasteiger partial charge in [0.15, 0.2) is 0 Å².